The summed E-state index contributed by atoms with van der Waals surface area (Å²) in [5, 5.41) is 9.57. The standard InChI is InChI=1S/C19H19ClN4O3/c1-26-16-11-14(10-15(20)17(16)27-2)19(25)24-8-6-23(7-9-24)18-13(12-21)4-3-5-22-18/h3-5,10-11H,6-9H2,1-2H3. The van der Waals surface area contributed by atoms with E-state index in [1.54, 1.807) is 35.4 Å². The first-order valence-corrected chi connectivity index (χ1v) is 8.77. The molecule has 7 nitrogen and oxygen atoms in total. The van der Waals surface area contributed by atoms with Crippen molar-refractivity contribution in [3.8, 4) is 17.6 Å². The van der Waals surface area contributed by atoms with Crippen LogP contribution in [0.25, 0.3) is 0 Å². The Morgan fingerprint density at radius 1 is 1.22 bits per heavy atom. The fourth-order valence-electron chi connectivity index (χ4n) is 3.08. The molecule has 1 aromatic heterocycles. The number of benzene rings is 1. The summed E-state index contributed by atoms with van der Waals surface area (Å²) in [5.74, 6) is 1.35. The Labute approximate surface area is 162 Å². The molecular formula is C19H19ClN4O3. The number of methoxy groups -OCH3 is 2. The number of carbonyl (C=O) groups is 1. The van der Waals surface area contributed by atoms with Gasteiger partial charge in [0.05, 0.1) is 24.8 Å². The number of anilines is 1. The van der Waals surface area contributed by atoms with Crippen molar-refractivity contribution < 1.29 is 14.3 Å². The third-order valence-corrected chi connectivity index (χ3v) is 4.73. The topological polar surface area (TPSA) is 78.7 Å². The van der Waals surface area contributed by atoms with E-state index in [0.29, 0.717) is 59.6 Å². The zero-order valence-electron chi connectivity index (χ0n) is 15.1. The van der Waals surface area contributed by atoms with E-state index < -0.39 is 0 Å². The van der Waals surface area contributed by atoms with Crippen LogP contribution in [0.15, 0.2) is 30.5 Å². The minimum atomic E-state index is -0.126. The quantitative estimate of drug-likeness (QED) is 0.803. The van der Waals surface area contributed by atoms with Gasteiger partial charge >= 0.3 is 0 Å². The van der Waals surface area contributed by atoms with Gasteiger partial charge in [0.2, 0.25) is 0 Å². The highest BCUT2D eigenvalue weighted by Crippen LogP contribution is 2.36. The normalized spacial score (nSPS) is 13.9. The lowest BCUT2D eigenvalue weighted by atomic mass is 10.1. The molecule has 0 N–H and O–H groups in total. The molecule has 8 heteroatoms. The number of pyridine rings is 1. The number of hydrogen-bond acceptors (Lipinski definition) is 6. The summed E-state index contributed by atoms with van der Waals surface area (Å²) in [5.41, 5.74) is 0.977. The van der Waals surface area contributed by atoms with E-state index in [4.69, 9.17) is 21.1 Å². The Morgan fingerprint density at radius 3 is 2.59 bits per heavy atom. The number of ether oxygens (including phenoxy) is 2. The maximum Gasteiger partial charge on any atom is 0.254 e. The SMILES string of the molecule is COc1cc(C(=O)N2CCN(c3ncccc3C#N)CC2)cc(Cl)c1OC. The number of nitrogens with zero attached hydrogens (tertiary/aromatic N) is 4. The van der Waals surface area contributed by atoms with Crippen molar-refractivity contribution in [2.24, 2.45) is 0 Å². The number of piperazine rings is 1. The molecule has 0 bridgehead atoms. The third kappa shape index (κ3) is 3.76. The molecule has 1 amide bonds. The minimum absolute atomic E-state index is 0.126. The van der Waals surface area contributed by atoms with Gasteiger partial charge in [-0.2, -0.15) is 5.26 Å². The summed E-state index contributed by atoms with van der Waals surface area (Å²) in [6.45, 7) is 2.23. The number of hydrogen-bond donors (Lipinski definition) is 0. The fourth-order valence-corrected chi connectivity index (χ4v) is 3.37. The van der Waals surface area contributed by atoms with Crippen molar-refractivity contribution in [2.45, 2.75) is 0 Å². The van der Waals surface area contributed by atoms with Crippen LogP contribution in [0.5, 0.6) is 11.5 Å². The second kappa shape index (κ2) is 8.14. The van der Waals surface area contributed by atoms with Crippen LogP contribution in [-0.2, 0) is 0 Å². The Bertz CT molecular complexity index is 889. The molecule has 1 fully saturated rings. The molecule has 1 aliphatic heterocycles. The van der Waals surface area contributed by atoms with E-state index in [2.05, 4.69) is 11.1 Å². The van der Waals surface area contributed by atoms with Crippen LogP contribution >= 0.6 is 11.6 Å². The Kier molecular flexibility index (Phi) is 5.67. The van der Waals surface area contributed by atoms with Crippen molar-refractivity contribution in [1.29, 1.82) is 5.26 Å². The molecule has 0 spiro atoms. The number of amides is 1. The largest absolute Gasteiger partial charge is 0.493 e. The van der Waals surface area contributed by atoms with Crippen molar-refractivity contribution in [3.05, 3.63) is 46.6 Å². The number of nitriles is 1. The summed E-state index contributed by atoms with van der Waals surface area (Å²) in [4.78, 5) is 20.9. The van der Waals surface area contributed by atoms with Crippen molar-refractivity contribution in [1.82, 2.24) is 9.88 Å². The number of aromatic nitrogens is 1. The van der Waals surface area contributed by atoms with E-state index in [-0.39, 0.29) is 5.91 Å². The van der Waals surface area contributed by atoms with Gasteiger partial charge in [0.15, 0.2) is 11.5 Å². The lowest BCUT2D eigenvalue weighted by Gasteiger charge is -2.35. The first-order valence-electron chi connectivity index (χ1n) is 8.40. The third-order valence-electron chi connectivity index (χ3n) is 4.45. The predicted molar refractivity (Wildman–Crippen MR) is 102 cm³/mol. The smallest absolute Gasteiger partial charge is 0.254 e. The molecule has 0 saturated carbocycles. The van der Waals surface area contributed by atoms with Gasteiger partial charge in [-0.25, -0.2) is 4.98 Å². The predicted octanol–water partition coefficient (Wildman–Crippen LogP) is 2.59. The first kappa shape index (κ1) is 18.8. The lowest BCUT2D eigenvalue weighted by Crippen LogP contribution is -2.49. The average Bonchev–Trinajstić information content (AvgIpc) is 2.72. The first-order chi connectivity index (χ1) is 13.1. The van der Waals surface area contributed by atoms with Gasteiger partial charge in [0.1, 0.15) is 11.9 Å². The Hall–Kier alpha value is -2.98. The Morgan fingerprint density at radius 2 is 1.96 bits per heavy atom. The summed E-state index contributed by atoms with van der Waals surface area (Å²) in [6.07, 6.45) is 1.67. The highest BCUT2D eigenvalue weighted by molar-refractivity contribution is 6.32. The van der Waals surface area contributed by atoms with E-state index in [1.807, 2.05) is 4.90 Å². The average molecular weight is 387 g/mol. The van der Waals surface area contributed by atoms with Gasteiger partial charge in [-0.05, 0) is 24.3 Å². The van der Waals surface area contributed by atoms with E-state index in [9.17, 15) is 10.1 Å². The molecular weight excluding hydrogens is 368 g/mol. The van der Waals surface area contributed by atoms with Crippen molar-refractivity contribution in [2.75, 3.05) is 45.3 Å². The maximum absolute atomic E-state index is 12.9. The van der Waals surface area contributed by atoms with Gasteiger partial charge in [-0.3, -0.25) is 4.79 Å². The van der Waals surface area contributed by atoms with E-state index in [1.165, 1.54) is 14.2 Å². The van der Waals surface area contributed by atoms with Crippen LogP contribution < -0.4 is 14.4 Å². The summed E-state index contributed by atoms with van der Waals surface area (Å²) < 4.78 is 10.5. The van der Waals surface area contributed by atoms with Crippen LogP contribution in [0.3, 0.4) is 0 Å². The van der Waals surface area contributed by atoms with E-state index >= 15 is 0 Å². The maximum atomic E-state index is 12.9. The van der Waals surface area contributed by atoms with Gasteiger partial charge < -0.3 is 19.3 Å². The zero-order chi connectivity index (χ0) is 19.4. The molecule has 2 aromatic rings. The molecule has 0 aliphatic carbocycles. The number of carbonyl (C=O) groups excluding carboxylic acids is 1. The van der Waals surface area contributed by atoms with Crippen LogP contribution in [0.2, 0.25) is 5.02 Å². The van der Waals surface area contributed by atoms with Crippen LogP contribution in [0, 0.1) is 11.3 Å². The fraction of sp³-hybridized carbons (Fsp3) is 0.316. The van der Waals surface area contributed by atoms with Gasteiger partial charge in [-0.1, -0.05) is 11.6 Å². The van der Waals surface area contributed by atoms with Crippen LogP contribution in [0.1, 0.15) is 15.9 Å². The molecule has 27 heavy (non-hydrogen) atoms. The van der Waals surface area contributed by atoms with Crippen LogP contribution in [-0.4, -0.2) is 56.2 Å². The lowest BCUT2D eigenvalue weighted by molar-refractivity contribution is 0.0746. The Balaban J connectivity index is 1.74. The summed E-state index contributed by atoms with van der Waals surface area (Å²) in [6, 6.07) is 8.86. The molecule has 0 unspecified atom stereocenters. The molecule has 0 radical (unpaired) electrons. The van der Waals surface area contributed by atoms with Crippen molar-refractivity contribution >= 4 is 23.3 Å². The number of rotatable bonds is 4. The van der Waals surface area contributed by atoms with Gasteiger partial charge in [-0.15, -0.1) is 0 Å². The highest BCUT2D eigenvalue weighted by Gasteiger charge is 2.25. The molecule has 2 heterocycles. The second-order valence-corrected chi connectivity index (χ2v) is 6.37. The monoisotopic (exact) mass is 386 g/mol. The zero-order valence-corrected chi connectivity index (χ0v) is 15.9. The molecule has 3 rings (SSSR count). The minimum Gasteiger partial charge on any atom is -0.493 e. The van der Waals surface area contributed by atoms with Gasteiger partial charge in [0, 0.05) is 37.9 Å². The molecule has 140 valence electrons. The number of halogens is 1. The van der Waals surface area contributed by atoms with Gasteiger partial charge in [0.25, 0.3) is 5.91 Å². The van der Waals surface area contributed by atoms with Crippen LogP contribution in [0.4, 0.5) is 5.82 Å². The summed E-state index contributed by atoms with van der Waals surface area (Å²) in [7, 11) is 3.00. The van der Waals surface area contributed by atoms with E-state index in [0.717, 1.165) is 0 Å². The highest BCUT2D eigenvalue weighted by atomic mass is 35.5. The summed E-state index contributed by atoms with van der Waals surface area (Å²) >= 11 is 6.21. The second-order valence-electron chi connectivity index (χ2n) is 5.96. The molecule has 1 saturated heterocycles. The molecule has 0 atom stereocenters. The van der Waals surface area contributed by atoms with Crippen molar-refractivity contribution in [3.63, 3.8) is 0 Å². The molecule has 1 aromatic carbocycles. The molecule has 1 aliphatic rings.